The lowest BCUT2D eigenvalue weighted by Gasteiger charge is -2.15. The fourth-order valence-electron chi connectivity index (χ4n) is 1.59. The van der Waals surface area contributed by atoms with E-state index in [9.17, 15) is 14.4 Å². The second-order valence-electron chi connectivity index (χ2n) is 4.67. The van der Waals surface area contributed by atoms with Crippen molar-refractivity contribution in [1.29, 1.82) is 0 Å². The van der Waals surface area contributed by atoms with E-state index in [1.807, 2.05) is 0 Å². The zero-order valence-electron chi connectivity index (χ0n) is 11.9. The van der Waals surface area contributed by atoms with Crippen LogP contribution in [0.5, 0.6) is 0 Å². The van der Waals surface area contributed by atoms with Gasteiger partial charge in [-0.1, -0.05) is 0 Å². The van der Waals surface area contributed by atoms with E-state index in [0.717, 1.165) is 0 Å². The first-order valence-corrected chi connectivity index (χ1v) is 6.26. The molecule has 0 fully saturated rings. The minimum Gasteiger partial charge on any atom is -0.480 e. The van der Waals surface area contributed by atoms with Crippen LogP contribution in [-0.4, -0.2) is 48.0 Å². The van der Waals surface area contributed by atoms with Crippen molar-refractivity contribution in [2.45, 2.75) is 18.9 Å². The number of nitrogens with zero attached hydrogens (tertiary/aromatic N) is 2. The van der Waals surface area contributed by atoms with E-state index in [-0.39, 0.29) is 12.8 Å². The number of nitrogens with two attached hydrogens (primary N) is 1. The Hall–Kier alpha value is -2.64. The lowest BCUT2D eigenvalue weighted by atomic mass is 10.1. The van der Waals surface area contributed by atoms with Crippen LogP contribution in [0.3, 0.4) is 0 Å². The van der Waals surface area contributed by atoms with Crippen molar-refractivity contribution in [2.75, 3.05) is 19.0 Å². The third-order valence-electron chi connectivity index (χ3n) is 2.75. The summed E-state index contributed by atoms with van der Waals surface area (Å²) >= 11 is 0. The van der Waals surface area contributed by atoms with Crippen LogP contribution in [0.1, 0.15) is 23.2 Å². The molecule has 114 valence electrons. The fourth-order valence-corrected chi connectivity index (χ4v) is 1.59. The van der Waals surface area contributed by atoms with Gasteiger partial charge in [-0.25, -0.2) is 9.78 Å². The second kappa shape index (κ2) is 7.22. The molecule has 1 atom stereocenters. The van der Waals surface area contributed by atoms with Gasteiger partial charge in [0.2, 0.25) is 5.91 Å². The van der Waals surface area contributed by atoms with Gasteiger partial charge in [-0.2, -0.15) is 0 Å². The summed E-state index contributed by atoms with van der Waals surface area (Å²) < 4.78 is 0. The van der Waals surface area contributed by atoms with Crippen LogP contribution >= 0.6 is 0 Å². The highest BCUT2D eigenvalue weighted by Crippen LogP contribution is 2.10. The lowest BCUT2D eigenvalue weighted by molar-refractivity contribution is -0.139. The molecular weight excluding hydrogens is 276 g/mol. The number of amides is 2. The largest absolute Gasteiger partial charge is 0.480 e. The second-order valence-corrected chi connectivity index (χ2v) is 4.67. The van der Waals surface area contributed by atoms with E-state index in [4.69, 9.17) is 10.8 Å². The molecular formula is C13H18N4O4. The first-order chi connectivity index (χ1) is 9.81. The van der Waals surface area contributed by atoms with Gasteiger partial charge in [0.1, 0.15) is 11.9 Å². The third-order valence-corrected chi connectivity index (χ3v) is 2.75. The smallest absolute Gasteiger partial charge is 0.326 e. The molecule has 0 radical (unpaired) electrons. The Kier molecular flexibility index (Phi) is 5.65. The predicted molar refractivity (Wildman–Crippen MR) is 75.9 cm³/mol. The maximum atomic E-state index is 12.0. The van der Waals surface area contributed by atoms with Crippen LogP contribution < -0.4 is 16.0 Å². The SMILES string of the molecule is CN(C)c1cc(C(=O)N[C@@H](CCC(N)=O)C(=O)O)ccn1. The molecule has 0 saturated heterocycles. The minimum absolute atomic E-state index is 0.0535. The maximum Gasteiger partial charge on any atom is 0.326 e. The van der Waals surface area contributed by atoms with Crippen molar-refractivity contribution in [3.05, 3.63) is 23.9 Å². The number of aromatic nitrogens is 1. The van der Waals surface area contributed by atoms with E-state index < -0.39 is 23.8 Å². The molecule has 1 aromatic heterocycles. The standard InChI is InChI=1S/C13H18N4O4/c1-17(2)11-7-8(5-6-15-11)12(19)16-9(13(20)21)3-4-10(14)18/h5-7,9H,3-4H2,1-2H3,(H2,14,18)(H,16,19)(H,20,21)/t9-/m0/s1. The summed E-state index contributed by atoms with van der Waals surface area (Å²) in [5.41, 5.74) is 5.27. The van der Waals surface area contributed by atoms with Crippen LogP contribution in [0, 0.1) is 0 Å². The molecule has 8 nitrogen and oxygen atoms in total. The number of hydrogen-bond acceptors (Lipinski definition) is 5. The molecule has 21 heavy (non-hydrogen) atoms. The number of pyridine rings is 1. The highest BCUT2D eigenvalue weighted by Gasteiger charge is 2.21. The molecule has 1 heterocycles. The first-order valence-electron chi connectivity index (χ1n) is 6.26. The number of anilines is 1. The molecule has 0 aromatic carbocycles. The molecule has 0 saturated carbocycles. The summed E-state index contributed by atoms with van der Waals surface area (Å²) in [6, 6.07) is 1.86. The Morgan fingerprint density at radius 3 is 2.62 bits per heavy atom. The highest BCUT2D eigenvalue weighted by atomic mass is 16.4. The van der Waals surface area contributed by atoms with Crippen LogP contribution in [0.15, 0.2) is 18.3 Å². The molecule has 1 aromatic rings. The van der Waals surface area contributed by atoms with Crippen LogP contribution in [0.2, 0.25) is 0 Å². The van der Waals surface area contributed by atoms with Gasteiger partial charge in [0, 0.05) is 32.3 Å². The number of rotatable bonds is 7. The number of carbonyl (C=O) groups excluding carboxylic acids is 2. The normalized spacial score (nSPS) is 11.5. The van der Waals surface area contributed by atoms with Crippen molar-refractivity contribution in [2.24, 2.45) is 5.73 Å². The van der Waals surface area contributed by atoms with Gasteiger partial charge in [0.25, 0.3) is 5.91 Å². The number of carboxylic acid groups (broad SMARTS) is 1. The van der Waals surface area contributed by atoms with Crippen molar-refractivity contribution >= 4 is 23.6 Å². The highest BCUT2D eigenvalue weighted by molar-refractivity contribution is 5.97. The van der Waals surface area contributed by atoms with Crippen molar-refractivity contribution < 1.29 is 19.5 Å². The van der Waals surface area contributed by atoms with Gasteiger partial charge in [0.15, 0.2) is 0 Å². The zero-order chi connectivity index (χ0) is 16.0. The van der Waals surface area contributed by atoms with E-state index in [2.05, 4.69) is 10.3 Å². The Balaban J connectivity index is 2.79. The number of hydrogen-bond donors (Lipinski definition) is 3. The molecule has 4 N–H and O–H groups in total. The average molecular weight is 294 g/mol. The van der Waals surface area contributed by atoms with Gasteiger partial charge in [-0.3, -0.25) is 9.59 Å². The third kappa shape index (κ3) is 5.09. The van der Waals surface area contributed by atoms with Gasteiger partial charge in [-0.05, 0) is 18.6 Å². The van der Waals surface area contributed by atoms with E-state index in [1.54, 1.807) is 25.1 Å². The van der Waals surface area contributed by atoms with E-state index in [0.29, 0.717) is 11.4 Å². The number of nitrogens with one attached hydrogen (secondary N) is 1. The van der Waals surface area contributed by atoms with Crippen molar-refractivity contribution in [3.8, 4) is 0 Å². The molecule has 0 aliphatic rings. The number of carboxylic acids is 1. The topological polar surface area (TPSA) is 126 Å². The number of primary amides is 1. The Morgan fingerprint density at radius 1 is 1.43 bits per heavy atom. The monoisotopic (exact) mass is 294 g/mol. The molecule has 0 unspecified atom stereocenters. The molecule has 0 aliphatic heterocycles. The summed E-state index contributed by atoms with van der Waals surface area (Å²) in [4.78, 5) is 39.6. The summed E-state index contributed by atoms with van der Waals surface area (Å²) in [7, 11) is 3.55. The minimum atomic E-state index is -1.22. The molecule has 1 rings (SSSR count). The fraction of sp³-hybridized carbons (Fsp3) is 0.385. The molecule has 0 aliphatic carbocycles. The number of carbonyl (C=O) groups is 3. The maximum absolute atomic E-state index is 12.0. The van der Waals surface area contributed by atoms with Crippen LogP contribution in [0.25, 0.3) is 0 Å². The average Bonchev–Trinajstić information content (AvgIpc) is 2.42. The summed E-state index contributed by atoms with van der Waals surface area (Å²) in [6.45, 7) is 0. The Labute approximate surface area is 121 Å². The molecule has 2 amide bonds. The predicted octanol–water partition coefficient (Wildman–Crippen LogP) is -0.404. The quantitative estimate of drug-likeness (QED) is 0.628. The summed E-state index contributed by atoms with van der Waals surface area (Å²) in [5.74, 6) is -1.80. The molecule has 0 bridgehead atoms. The van der Waals surface area contributed by atoms with Crippen molar-refractivity contribution in [1.82, 2.24) is 10.3 Å². The summed E-state index contributed by atoms with van der Waals surface area (Å²) in [6.07, 6.45) is 1.29. The molecule has 0 spiro atoms. The van der Waals surface area contributed by atoms with Crippen molar-refractivity contribution in [3.63, 3.8) is 0 Å². The van der Waals surface area contributed by atoms with Gasteiger partial charge < -0.3 is 21.1 Å². The van der Waals surface area contributed by atoms with Gasteiger partial charge in [0.05, 0.1) is 0 Å². The Bertz CT molecular complexity index is 545. The first kappa shape index (κ1) is 16.4. The molecule has 8 heteroatoms. The van der Waals surface area contributed by atoms with Crippen LogP contribution in [-0.2, 0) is 9.59 Å². The van der Waals surface area contributed by atoms with E-state index >= 15 is 0 Å². The summed E-state index contributed by atoms with van der Waals surface area (Å²) in [5, 5.41) is 11.4. The van der Waals surface area contributed by atoms with Crippen LogP contribution in [0.4, 0.5) is 5.82 Å². The van der Waals surface area contributed by atoms with Gasteiger partial charge in [-0.15, -0.1) is 0 Å². The van der Waals surface area contributed by atoms with E-state index in [1.165, 1.54) is 12.3 Å². The van der Waals surface area contributed by atoms with Gasteiger partial charge >= 0.3 is 5.97 Å². The number of aliphatic carboxylic acids is 1. The Morgan fingerprint density at radius 2 is 2.10 bits per heavy atom. The zero-order valence-corrected chi connectivity index (χ0v) is 11.9. The lowest BCUT2D eigenvalue weighted by Crippen LogP contribution is -2.41.